The van der Waals surface area contributed by atoms with Crippen molar-refractivity contribution in [1.29, 1.82) is 0 Å². The molecular formula is C17H32O3. The molecule has 3 rings (SSSR count). The minimum absolute atomic E-state index is 0. The summed E-state index contributed by atoms with van der Waals surface area (Å²) in [7, 11) is 0. The molecule has 3 heterocycles. The second kappa shape index (κ2) is 9.51. The second-order valence-corrected chi connectivity index (χ2v) is 4.35. The molecule has 0 radical (unpaired) electrons. The van der Waals surface area contributed by atoms with Gasteiger partial charge in [-0.25, -0.2) is 0 Å². The van der Waals surface area contributed by atoms with Crippen LogP contribution in [-0.4, -0.2) is 18.3 Å². The minimum atomic E-state index is 0. The van der Waals surface area contributed by atoms with E-state index in [1.165, 1.54) is 0 Å². The van der Waals surface area contributed by atoms with Gasteiger partial charge in [0, 0.05) is 0 Å². The van der Waals surface area contributed by atoms with E-state index in [1.807, 2.05) is 59.8 Å². The van der Waals surface area contributed by atoms with Gasteiger partial charge in [0.25, 0.3) is 0 Å². The molecule has 0 saturated carbocycles. The summed E-state index contributed by atoms with van der Waals surface area (Å²) in [6.07, 6.45) is 7.25. The van der Waals surface area contributed by atoms with Gasteiger partial charge in [-0.05, 0) is 59.8 Å². The molecule has 3 heteroatoms. The smallest absolute Gasteiger partial charge is 0.152 e. The first-order valence-corrected chi connectivity index (χ1v) is 6.52. The maximum Gasteiger partial charge on any atom is 0.152 e. The summed E-state index contributed by atoms with van der Waals surface area (Å²) in [4.78, 5) is 0. The molecule has 20 heavy (non-hydrogen) atoms. The van der Waals surface area contributed by atoms with Gasteiger partial charge in [-0.2, -0.15) is 0 Å². The number of epoxide rings is 3. The normalized spacial score (nSPS) is 32.7. The van der Waals surface area contributed by atoms with Crippen LogP contribution in [-0.2, 0) is 14.2 Å². The fourth-order valence-electron chi connectivity index (χ4n) is 1.42. The lowest BCUT2D eigenvalue weighted by Crippen LogP contribution is -1.60. The predicted molar refractivity (Wildman–Crippen MR) is 86.4 cm³/mol. The molecule has 0 N–H and O–H groups in total. The van der Waals surface area contributed by atoms with Gasteiger partial charge in [-0.15, -0.1) is 0 Å². The average Bonchev–Trinajstić information content (AvgIpc) is 3.25. The van der Waals surface area contributed by atoms with Crippen LogP contribution in [0.25, 0.3) is 0 Å². The van der Waals surface area contributed by atoms with Crippen molar-refractivity contribution in [2.24, 2.45) is 0 Å². The molecule has 0 amide bonds. The molecule has 3 saturated heterocycles. The van der Waals surface area contributed by atoms with E-state index in [4.69, 9.17) is 14.2 Å². The van der Waals surface area contributed by atoms with Crippen molar-refractivity contribution in [3.8, 4) is 0 Å². The van der Waals surface area contributed by atoms with Gasteiger partial charge >= 0.3 is 0 Å². The Bertz CT molecular complexity index is 309. The Balaban J connectivity index is 0. The molecule has 0 aliphatic carbocycles. The Kier molecular flexibility index (Phi) is 9.95. The lowest BCUT2D eigenvalue weighted by molar-refractivity contribution is 0.444. The quantitative estimate of drug-likeness (QED) is 0.574. The Morgan fingerprint density at radius 1 is 0.600 bits per heavy atom. The zero-order chi connectivity index (χ0) is 13.7. The summed E-state index contributed by atoms with van der Waals surface area (Å²) in [5.74, 6) is 3.40. The molecule has 118 valence electrons. The fraction of sp³-hybridized carbons (Fsp3) is 0.647. The van der Waals surface area contributed by atoms with Crippen molar-refractivity contribution >= 4 is 0 Å². The second-order valence-electron chi connectivity index (χ2n) is 4.35. The molecule has 3 aliphatic rings. The molecule has 3 atom stereocenters. The van der Waals surface area contributed by atoms with Gasteiger partial charge in [0.2, 0.25) is 0 Å². The molecule has 3 nitrogen and oxygen atoms in total. The molecule has 0 bridgehead atoms. The van der Waals surface area contributed by atoms with Crippen LogP contribution in [0.1, 0.15) is 56.4 Å². The van der Waals surface area contributed by atoms with Gasteiger partial charge in [0.05, 0.1) is 0 Å². The standard InChI is InChI=1S/3C5H8O.2CH4/c3*1-3-5-4(2)6-5;;/h3*3-4H,1-2H3;2*1H4. The first kappa shape index (κ1) is 20.9. The third kappa shape index (κ3) is 7.93. The third-order valence-electron chi connectivity index (χ3n) is 2.82. The van der Waals surface area contributed by atoms with Crippen LogP contribution >= 0.6 is 0 Å². The summed E-state index contributed by atoms with van der Waals surface area (Å²) >= 11 is 0. The zero-order valence-corrected chi connectivity index (χ0v) is 12.2. The van der Waals surface area contributed by atoms with Crippen LogP contribution in [0.2, 0.25) is 0 Å². The maximum absolute atomic E-state index is 4.93. The van der Waals surface area contributed by atoms with Crippen LogP contribution < -0.4 is 0 Å². The van der Waals surface area contributed by atoms with Crippen molar-refractivity contribution in [2.75, 3.05) is 0 Å². The predicted octanol–water partition coefficient (Wildman–Crippen LogP) is 5.20. The van der Waals surface area contributed by atoms with E-state index in [9.17, 15) is 0 Å². The molecule has 0 aromatic rings. The molecule has 3 aliphatic heterocycles. The zero-order valence-electron chi connectivity index (χ0n) is 12.2. The summed E-state index contributed by atoms with van der Waals surface area (Å²) in [6, 6.07) is 0. The first-order valence-electron chi connectivity index (χ1n) is 6.52. The van der Waals surface area contributed by atoms with Gasteiger partial charge in [-0.3, -0.25) is 0 Å². The lowest BCUT2D eigenvalue weighted by atomic mass is 10.4. The summed E-state index contributed by atoms with van der Waals surface area (Å²) in [5.41, 5.74) is 0. The van der Waals surface area contributed by atoms with Crippen molar-refractivity contribution in [3.05, 3.63) is 35.5 Å². The number of ether oxygens (including phenoxy) is 3. The fourth-order valence-corrected chi connectivity index (χ4v) is 1.42. The van der Waals surface area contributed by atoms with Crippen molar-refractivity contribution in [2.45, 2.75) is 74.7 Å². The van der Waals surface area contributed by atoms with E-state index in [0.29, 0.717) is 18.3 Å². The van der Waals surface area contributed by atoms with E-state index < -0.39 is 0 Å². The van der Waals surface area contributed by atoms with E-state index in [-0.39, 0.29) is 14.9 Å². The molecule has 3 unspecified atom stereocenters. The number of hydrogen-bond donors (Lipinski definition) is 0. The molecule has 3 fully saturated rings. The summed E-state index contributed by atoms with van der Waals surface area (Å²) in [6.45, 7) is 12.1. The van der Waals surface area contributed by atoms with Crippen LogP contribution in [0, 0.1) is 0 Å². The highest BCUT2D eigenvalue weighted by Crippen LogP contribution is 2.25. The van der Waals surface area contributed by atoms with Gasteiger partial charge in [-0.1, -0.05) is 14.9 Å². The van der Waals surface area contributed by atoms with E-state index in [1.54, 1.807) is 0 Å². The largest absolute Gasteiger partial charge is 0.484 e. The van der Waals surface area contributed by atoms with Crippen LogP contribution in [0.15, 0.2) is 35.5 Å². The van der Waals surface area contributed by atoms with Crippen molar-refractivity contribution in [1.82, 2.24) is 0 Å². The van der Waals surface area contributed by atoms with Crippen LogP contribution in [0.5, 0.6) is 0 Å². The number of hydrogen-bond acceptors (Lipinski definition) is 3. The van der Waals surface area contributed by atoms with Gasteiger partial charge in [0.1, 0.15) is 17.3 Å². The third-order valence-corrected chi connectivity index (χ3v) is 2.82. The van der Waals surface area contributed by atoms with Crippen molar-refractivity contribution in [3.63, 3.8) is 0 Å². The molecular weight excluding hydrogens is 252 g/mol. The minimum Gasteiger partial charge on any atom is -0.484 e. The van der Waals surface area contributed by atoms with Crippen molar-refractivity contribution < 1.29 is 14.2 Å². The van der Waals surface area contributed by atoms with E-state index in [0.717, 1.165) is 17.3 Å². The summed E-state index contributed by atoms with van der Waals surface area (Å²) < 4.78 is 14.8. The highest BCUT2D eigenvalue weighted by atomic mass is 16.6. The van der Waals surface area contributed by atoms with E-state index >= 15 is 0 Å². The Morgan fingerprint density at radius 2 is 0.750 bits per heavy atom. The summed E-state index contributed by atoms with van der Waals surface area (Å²) in [5, 5.41) is 0. The van der Waals surface area contributed by atoms with E-state index in [2.05, 4.69) is 0 Å². The number of allylic oxidation sites excluding steroid dienone is 3. The lowest BCUT2D eigenvalue weighted by Gasteiger charge is -1.51. The highest BCUT2D eigenvalue weighted by Gasteiger charge is 2.25. The van der Waals surface area contributed by atoms with Gasteiger partial charge in [0.15, 0.2) is 18.3 Å². The molecule has 0 spiro atoms. The highest BCUT2D eigenvalue weighted by molar-refractivity contribution is 5.10. The Morgan fingerprint density at radius 3 is 0.750 bits per heavy atom. The Labute approximate surface area is 125 Å². The Hall–Kier alpha value is -1.38. The molecule has 0 aromatic carbocycles. The molecule has 0 aromatic heterocycles. The first-order chi connectivity index (χ1) is 8.53. The SMILES string of the molecule is C.C.CC=C1OC1C.CC=C1OC1C.CC=C1OC1C. The van der Waals surface area contributed by atoms with Gasteiger partial charge < -0.3 is 14.2 Å². The number of rotatable bonds is 0. The average molecular weight is 284 g/mol. The monoisotopic (exact) mass is 284 g/mol. The van der Waals surface area contributed by atoms with Crippen LogP contribution in [0.4, 0.5) is 0 Å². The van der Waals surface area contributed by atoms with Crippen LogP contribution in [0.3, 0.4) is 0 Å². The maximum atomic E-state index is 4.93. The topological polar surface area (TPSA) is 37.6 Å².